The Kier molecular flexibility index (Phi) is 3.54. The zero-order valence-electron chi connectivity index (χ0n) is 9.68. The molecule has 0 fully saturated rings. The van der Waals surface area contributed by atoms with Crippen LogP contribution in [0.5, 0.6) is 0 Å². The molecule has 1 N–H and O–H groups in total. The Morgan fingerprint density at radius 1 is 1.29 bits per heavy atom. The van der Waals surface area contributed by atoms with E-state index in [0.29, 0.717) is 6.42 Å². The van der Waals surface area contributed by atoms with E-state index < -0.39 is 6.10 Å². The van der Waals surface area contributed by atoms with E-state index in [2.05, 4.69) is 5.10 Å². The molecule has 1 heterocycles. The number of nitrogens with zero attached hydrogens (tertiary/aromatic N) is 2. The number of hydrogen-bond donors (Lipinski definition) is 1. The van der Waals surface area contributed by atoms with Crippen LogP contribution in [0.3, 0.4) is 0 Å². The second kappa shape index (κ2) is 5.10. The molecule has 1 aromatic heterocycles. The van der Waals surface area contributed by atoms with Gasteiger partial charge in [-0.15, -0.1) is 0 Å². The van der Waals surface area contributed by atoms with Gasteiger partial charge in [0, 0.05) is 18.9 Å². The first-order valence-electron chi connectivity index (χ1n) is 5.57. The molecule has 0 aliphatic heterocycles. The van der Waals surface area contributed by atoms with Gasteiger partial charge in [-0.2, -0.15) is 5.10 Å². The second-order valence-electron chi connectivity index (χ2n) is 4.05. The van der Waals surface area contributed by atoms with Gasteiger partial charge in [0.2, 0.25) is 0 Å². The lowest BCUT2D eigenvalue weighted by Crippen LogP contribution is -2.03. The van der Waals surface area contributed by atoms with E-state index in [1.165, 1.54) is 12.1 Å². The Hall–Kier alpha value is -1.68. The summed E-state index contributed by atoms with van der Waals surface area (Å²) >= 11 is 0. The number of hydrogen-bond acceptors (Lipinski definition) is 2. The van der Waals surface area contributed by atoms with Crippen LogP contribution in [0.25, 0.3) is 0 Å². The summed E-state index contributed by atoms with van der Waals surface area (Å²) in [5.74, 6) is -0.285. The van der Waals surface area contributed by atoms with Crippen LogP contribution in [-0.4, -0.2) is 14.9 Å². The first-order valence-corrected chi connectivity index (χ1v) is 5.57. The third-order valence-corrected chi connectivity index (χ3v) is 2.85. The maximum atomic E-state index is 12.7. The van der Waals surface area contributed by atoms with Crippen molar-refractivity contribution < 1.29 is 9.50 Å². The van der Waals surface area contributed by atoms with E-state index in [1.807, 2.05) is 13.1 Å². The molecular formula is C13H15FN2O. The molecule has 1 unspecified atom stereocenters. The van der Waals surface area contributed by atoms with Crippen LogP contribution in [0, 0.1) is 5.82 Å². The summed E-state index contributed by atoms with van der Waals surface area (Å²) in [5, 5.41) is 14.0. The molecular weight excluding hydrogens is 219 g/mol. The smallest absolute Gasteiger partial charge is 0.123 e. The van der Waals surface area contributed by atoms with Crippen LogP contribution in [0.1, 0.15) is 23.8 Å². The maximum absolute atomic E-state index is 12.7. The van der Waals surface area contributed by atoms with E-state index in [9.17, 15) is 9.50 Å². The van der Waals surface area contributed by atoms with Crippen molar-refractivity contribution in [1.82, 2.24) is 9.78 Å². The molecule has 0 aliphatic carbocycles. The summed E-state index contributed by atoms with van der Waals surface area (Å²) in [6.45, 7) is 0. The molecule has 1 aromatic carbocycles. The number of aliphatic hydroxyl groups is 1. The van der Waals surface area contributed by atoms with Gasteiger partial charge in [-0.3, -0.25) is 4.68 Å². The van der Waals surface area contributed by atoms with Crippen molar-refractivity contribution in [2.24, 2.45) is 7.05 Å². The molecule has 0 bridgehead atoms. The van der Waals surface area contributed by atoms with E-state index >= 15 is 0 Å². The molecule has 2 aromatic rings. The molecule has 3 nitrogen and oxygen atoms in total. The lowest BCUT2D eigenvalue weighted by atomic mass is 10.0. The highest BCUT2D eigenvalue weighted by Gasteiger charge is 2.09. The monoisotopic (exact) mass is 234 g/mol. The van der Waals surface area contributed by atoms with Crippen molar-refractivity contribution >= 4 is 0 Å². The summed E-state index contributed by atoms with van der Waals surface area (Å²) in [6.07, 6.45) is 2.52. The molecule has 17 heavy (non-hydrogen) atoms. The lowest BCUT2D eigenvalue weighted by Gasteiger charge is -2.10. The number of rotatable bonds is 4. The summed E-state index contributed by atoms with van der Waals surface area (Å²) < 4.78 is 14.5. The Balaban J connectivity index is 1.95. The van der Waals surface area contributed by atoms with Gasteiger partial charge < -0.3 is 5.11 Å². The van der Waals surface area contributed by atoms with Crippen molar-refractivity contribution in [3.05, 3.63) is 53.6 Å². The maximum Gasteiger partial charge on any atom is 0.123 e. The van der Waals surface area contributed by atoms with Crippen LogP contribution in [0.4, 0.5) is 4.39 Å². The van der Waals surface area contributed by atoms with Crippen molar-refractivity contribution in [2.75, 3.05) is 0 Å². The number of aliphatic hydroxyl groups excluding tert-OH is 1. The van der Waals surface area contributed by atoms with Crippen molar-refractivity contribution in [2.45, 2.75) is 18.9 Å². The second-order valence-corrected chi connectivity index (χ2v) is 4.05. The van der Waals surface area contributed by atoms with Gasteiger partial charge in [-0.1, -0.05) is 12.1 Å². The molecule has 0 saturated carbocycles. The predicted molar refractivity (Wildman–Crippen MR) is 62.9 cm³/mol. The van der Waals surface area contributed by atoms with Crippen molar-refractivity contribution in [1.29, 1.82) is 0 Å². The number of aryl methyl sites for hydroxylation is 2. The SMILES string of the molecule is Cn1nccc1CCC(O)c1ccc(F)cc1. The molecule has 0 aliphatic rings. The molecule has 2 rings (SSSR count). The Bertz CT molecular complexity index is 478. The fraction of sp³-hybridized carbons (Fsp3) is 0.308. The first kappa shape index (κ1) is 11.8. The average Bonchev–Trinajstić information content (AvgIpc) is 2.73. The average molecular weight is 234 g/mol. The first-order chi connectivity index (χ1) is 8.16. The fourth-order valence-electron chi connectivity index (χ4n) is 1.78. The highest BCUT2D eigenvalue weighted by atomic mass is 19.1. The van der Waals surface area contributed by atoms with E-state index in [-0.39, 0.29) is 5.82 Å². The Labute approximate surface area is 99.5 Å². The third kappa shape index (κ3) is 2.91. The lowest BCUT2D eigenvalue weighted by molar-refractivity contribution is 0.167. The summed E-state index contributed by atoms with van der Waals surface area (Å²) in [4.78, 5) is 0. The van der Waals surface area contributed by atoms with Crippen LogP contribution in [-0.2, 0) is 13.5 Å². The third-order valence-electron chi connectivity index (χ3n) is 2.85. The molecule has 0 radical (unpaired) electrons. The van der Waals surface area contributed by atoms with Gasteiger partial charge in [-0.25, -0.2) is 4.39 Å². The number of halogens is 1. The summed E-state index contributed by atoms with van der Waals surface area (Å²) in [6, 6.07) is 7.88. The minimum Gasteiger partial charge on any atom is -0.388 e. The quantitative estimate of drug-likeness (QED) is 0.880. The van der Waals surface area contributed by atoms with E-state index in [1.54, 1.807) is 23.0 Å². The van der Waals surface area contributed by atoms with Crippen LogP contribution >= 0.6 is 0 Å². The fourth-order valence-corrected chi connectivity index (χ4v) is 1.78. The highest BCUT2D eigenvalue weighted by molar-refractivity contribution is 5.18. The van der Waals surface area contributed by atoms with Gasteiger partial charge >= 0.3 is 0 Å². The van der Waals surface area contributed by atoms with E-state index in [0.717, 1.165) is 17.7 Å². The largest absolute Gasteiger partial charge is 0.388 e. The van der Waals surface area contributed by atoms with Gasteiger partial charge in [0.1, 0.15) is 5.82 Å². The Morgan fingerprint density at radius 2 is 2.00 bits per heavy atom. The van der Waals surface area contributed by atoms with Gasteiger partial charge in [0.05, 0.1) is 6.10 Å². The van der Waals surface area contributed by atoms with Gasteiger partial charge in [-0.05, 0) is 36.6 Å². The minimum atomic E-state index is -0.564. The molecule has 1 atom stereocenters. The molecule has 0 amide bonds. The predicted octanol–water partition coefficient (Wildman–Crippen LogP) is 2.23. The zero-order chi connectivity index (χ0) is 12.3. The Morgan fingerprint density at radius 3 is 2.59 bits per heavy atom. The molecule has 90 valence electrons. The summed E-state index contributed by atoms with van der Waals surface area (Å²) in [5.41, 5.74) is 1.82. The van der Waals surface area contributed by atoms with Crippen LogP contribution < -0.4 is 0 Å². The van der Waals surface area contributed by atoms with E-state index in [4.69, 9.17) is 0 Å². The van der Waals surface area contributed by atoms with Gasteiger partial charge in [0.25, 0.3) is 0 Å². The number of aromatic nitrogens is 2. The molecule has 0 saturated heterocycles. The van der Waals surface area contributed by atoms with Gasteiger partial charge in [0.15, 0.2) is 0 Å². The molecule has 0 spiro atoms. The highest BCUT2D eigenvalue weighted by Crippen LogP contribution is 2.19. The topological polar surface area (TPSA) is 38.0 Å². The summed E-state index contributed by atoms with van der Waals surface area (Å²) in [7, 11) is 1.87. The van der Waals surface area contributed by atoms with Crippen molar-refractivity contribution in [3.63, 3.8) is 0 Å². The van der Waals surface area contributed by atoms with Crippen molar-refractivity contribution in [3.8, 4) is 0 Å². The minimum absolute atomic E-state index is 0.285. The number of benzene rings is 1. The standard InChI is InChI=1S/C13H15FN2O/c1-16-12(8-9-15-16)6-7-13(17)10-2-4-11(14)5-3-10/h2-5,8-9,13,17H,6-7H2,1H3. The van der Waals surface area contributed by atoms with Crippen LogP contribution in [0.2, 0.25) is 0 Å². The normalized spacial score (nSPS) is 12.6. The van der Waals surface area contributed by atoms with Crippen LogP contribution in [0.15, 0.2) is 36.5 Å². The zero-order valence-corrected chi connectivity index (χ0v) is 9.68. The molecule has 4 heteroatoms.